The molecule has 0 aliphatic heterocycles. The van der Waals surface area contributed by atoms with Gasteiger partial charge in [-0.2, -0.15) is 5.10 Å². The summed E-state index contributed by atoms with van der Waals surface area (Å²) in [6.07, 6.45) is 1.62. The van der Waals surface area contributed by atoms with Crippen molar-refractivity contribution in [3.63, 3.8) is 0 Å². The van der Waals surface area contributed by atoms with Crippen molar-refractivity contribution in [3.8, 4) is 11.8 Å². The van der Waals surface area contributed by atoms with E-state index in [2.05, 4.69) is 22.0 Å². The Morgan fingerprint density at radius 3 is 3.11 bits per heavy atom. The minimum atomic E-state index is -0.339. The molecule has 2 rings (SSSR count). The average molecular weight is 256 g/mol. The fourth-order valence-corrected chi connectivity index (χ4v) is 1.61. The second-order valence-electron chi connectivity index (χ2n) is 3.78. The van der Waals surface area contributed by atoms with Crippen LogP contribution in [-0.4, -0.2) is 22.8 Å². The van der Waals surface area contributed by atoms with E-state index >= 15 is 0 Å². The van der Waals surface area contributed by atoms with E-state index in [0.29, 0.717) is 17.4 Å². The Hall–Kier alpha value is -2.61. The van der Waals surface area contributed by atoms with Crippen LogP contribution in [0.15, 0.2) is 29.2 Å². The molecule has 1 heterocycles. The molecule has 19 heavy (non-hydrogen) atoms. The average Bonchev–Trinajstić information content (AvgIpc) is 2.39. The molecule has 0 fully saturated rings. The summed E-state index contributed by atoms with van der Waals surface area (Å²) in [7, 11) is 0. The first-order valence-corrected chi connectivity index (χ1v) is 5.82. The minimum absolute atomic E-state index is 0.0551. The van der Waals surface area contributed by atoms with Crippen LogP contribution in [0.25, 0.3) is 10.8 Å². The number of benzene rings is 1. The van der Waals surface area contributed by atoms with Crippen molar-refractivity contribution in [2.24, 2.45) is 0 Å². The molecule has 0 spiro atoms. The van der Waals surface area contributed by atoms with Crippen LogP contribution in [0.4, 0.5) is 0 Å². The zero-order valence-electron chi connectivity index (χ0n) is 10.4. The lowest BCUT2D eigenvalue weighted by molar-refractivity contribution is -0.141. The van der Waals surface area contributed by atoms with Gasteiger partial charge >= 0.3 is 5.97 Å². The maximum absolute atomic E-state index is 11.4. The quantitative estimate of drug-likeness (QED) is 0.648. The number of nitrogens with one attached hydrogen (secondary N) is 1. The van der Waals surface area contributed by atoms with Gasteiger partial charge in [-0.3, -0.25) is 9.59 Å². The van der Waals surface area contributed by atoms with Crippen LogP contribution in [0.3, 0.4) is 0 Å². The van der Waals surface area contributed by atoms with E-state index in [4.69, 9.17) is 4.74 Å². The van der Waals surface area contributed by atoms with Crippen molar-refractivity contribution in [1.29, 1.82) is 0 Å². The summed E-state index contributed by atoms with van der Waals surface area (Å²) in [6, 6.07) is 5.18. The maximum atomic E-state index is 11.4. The van der Waals surface area contributed by atoms with E-state index in [-0.39, 0.29) is 17.9 Å². The summed E-state index contributed by atoms with van der Waals surface area (Å²) in [5.41, 5.74) is 0.493. The lowest BCUT2D eigenvalue weighted by atomic mass is 10.1. The van der Waals surface area contributed by atoms with Crippen molar-refractivity contribution < 1.29 is 9.53 Å². The van der Waals surface area contributed by atoms with Gasteiger partial charge in [0, 0.05) is 10.9 Å². The Bertz CT molecular complexity index is 723. The molecule has 0 atom stereocenters. The number of hydrogen-bond donors (Lipinski definition) is 1. The fraction of sp³-hybridized carbons (Fsp3) is 0.214. The van der Waals surface area contributed by atoms with E-state index in [1.807, 2.05) is 0 Å². The zero-order chi connectivity index (χ0) is 13.7. The first-order valence-electron chi connectivity index (χ1n) is 5.82. The van der Waals surface area contributed by atoms with Crippen LogP contribution in [0, 0.1) is 11.8 Å². The molecule has 1 N–H and O–H groups in total. The van der Waals surface area contributed by atoms with Crippen LogP contribution in [0.5, 0.6) is 0 Å². The predicted octanol–water partition coefficient (Wildman–Crippen LogP) is 1.23. The molecule has 1 aromatic carbocycles. The third kappa shape index (κ3) is 3.19. The maximum Gasteiger partial charge on any atom is 0.317 e. The highest BCUT2D eigenvalue weighted by Crippen LogP contribution is 2.09. The molecule has 0 aliphatic rings. The summed E-state index contributed by atoms with van der Waals surface area (Å²) in [5, 5.41) is 7.37. The molecule has 5 heteroatoms. The lowest BCUT2D eigenvalue weighted by Crippen LogP contribution is -2.07. The monoisotopic (exact) mass is 256 g/mol. The standard InChI is InChI=1S/C14H12N2O3/c1-2-19-13(17)5-3-4-10-6-7-12-11(8-10)9-15-16-14(12)18/h6-9H,2,5H2,1H3,(H,16,18). The summed E-state index contributed by atoms with van der Waals surface area (Å²) in [4.78, 5) is 22.6. The molecule has 0 bridgehead atoms. The molecule has 2 aromatic rings. The first kappa shape index (κ1) is 12.8. The predicted molar refractivity (Wildman–Crippen MR) is 70.5 cm³/mol. The topological polar surface area (TPSA) is 72.1 Å². The molecule has 0 aliphatic carbocycles. The molecule has 96 valence electrons. The Morgan fingerprint density at radius 1 is 1.47 bits per heavy atom. The first-order chi connectivity index (χ1) is 9.20. The Balaban J connectivity index is 2.21. The normalized spacial score (nSPS) is 9.74. The van der Waals surface area contributed by atoms with Crippen LogP contribution in [0.2, 0.25) is 0 Å². The number of carbonyl (C=O) groups is 1. The number of rotatable bonds is 2. The van der Waals surface area contributed by atoms with Crippen LogP contribution in [0.1, 0.15) is 18.9 Å². The number of ether oxygens (including phenoxy) is 1. The largest absolute Gasteiger partial charge is 0.465 e. The minimum Gasteiger partial charge on any atom is -0.465 e. The molecule has 0 saturated heterocycles. The van der Waals surface area contributed by atoms with Gasteiger partial charge in [0.25, 0.3) is 5.56 Å². The Kier molecular flexibility index (Phi) is 3.94. The van der Waals surface area contributed by atoms with Gasteiger partial charge < -0.3 is 4.74 Å². The molecule has 0 saturated carbocycles. The second-order valence-corrected chi connectivity index (χ2v) is 3.78. The van der Waals surface area contributed by atoms with Crippen LogP contribution < -0.4 is 5.56 Å². The van der Waals surface area contributed by atoms with Crippen molar-refractivity contribution in [2.45, 2.75) is 13.3 Å². The van der Waals surface area contributed by atoms with E-state index in [1.165, 1.54) is 0 Å². The van der Waals surface area contributed by atoms with Gasteiger partial charge in [-0.05, 0) is 25.1 Å². The lowest BCUT2D eigenvalue weighted by Gasteiger charge is -1.96. The molecule has 0 radical (unpaired) electrons. The highest BCUT2D eigenvalue weighted by atomic mass is 16.5. The van der Waals surface area contributed by atoms with E-state index in [9.17, 15) is 9.59 Å². The number of esters is 1. The second kappa shape index (κ2) is 5.83. The van der Waals surface area contributed by atoms with Gasteiger partial charge in [-0.25, -0.2) is 5.10 Å². The summed E-state index contributed by atoms with van der Waals surface area (Å²) in [6.45, 7) is 2.10. The smallest absolute Gasteiger partial charge is 0.317 e. The van der Waals surface area contributed by atoms with Gasteiger partial charge in [-0.15, -0.1) is 0 Å². The Morgan fingerprint density at radius 2 is 2.32 bits per heavy atom. The third-order valence-corrected chi connectivity index (χ3v) is 2.44. The van der Waals surface area contributed by atoms with Crippen LogP contribution in [-0.2, 0) is 9.53 Å². The molecule has 0 unspecified atom stereocenters. The molecule has 0 amide bonds. The van der Waals surface area contributed by atoms with Crippen molar-refractivity contribution >= 4 is 16.7 Å². The highest BCUT2D eigenvalue weighted by Gasteiger charge is 1.99. The van der Waals surface area contributed by atoms with Crippen molar-refractivity contribution in [1.82, 2.24) is 10.2 Å². The molecular formula is C14H12N2O3. The number of carbonyl (C=O) groups excluding carboxylic acids is 1. The molecular weight excluding hydrogens is 244 g/mol. The number of fused-ring (bicyclic) bond motifs is 1. The number of H-pyrrole nitrogens is 1. The summed E-state index contributed by atoms with van der Waals surface area (Å²) < 4.78 is 4.77. The van der Waals surface area contributed by atoms with Gasteiger partial charge in [0.2, 0.25) is 0 Å². The van der Waals surface area contributed by atoms with E-state index in [0.717, 1.165) is 5.56 Å². The number of aromatic nitrogens is 2. The number of aromatic amines is 1. The zero-order valence-corrected chi connectivity index (χ0v) is 10.4. The van der Waals surface area contributed by atoms with Crippen molar-refractivity contribution in [2.75, 3.05) is 6.61 Å². The molecule has 5 nitrogen and oxygen atoms in total. The highest BCUT2D eigenvalue weighted by molar-refractivity contribution is 5.82. The van der Waals surface area contributed by atoms with Crippen LogP contribution >= 0.6 is 0 Å². The Labute approximate surface area is 109 Å². The fourth-order valence-electron chi connectivity index (χ4n) is 1.61. The van der Waals surface area contributed by atoms with Gasteiger partial charge in [0.1, 0.15) is 6.42 Å². The van der Waals surface area contributed by atoms with E-state index < -0.39 is 0 Å². The molecule has 1 aromatic heterocycles. The SMILES string of the molecule is CCOC(=O)CC#Cc1ccc2c(=O)[nH]ncc2c1. The van der Waals surface area contributed by atoms with Gasteiger partial charge in [-0.1, -0.05) is 11.8 Å². The number of nitrogens with zero attached hydrogens (tertiary/aromatic N) is 1. The van der Waals surface area contributed by atoms with E-state index in [1.54, 1.807) is 31.3 Å². The number of hydrogen-bond acceptors (Lipinski definition) is 4. The third-order valence-electron chi connectivity index (χ3n) is 2.44. The van der Waals surface area contributed by atoms with Gasteiger partial charge in [0.15, 0.2) is 0 Å². The summed E-state index contributed by atoms with van der Waals surface area (Å²) >= 11 is 0. The summed E-state index contributed by atoms with van der Waals surface area (Å²) in [5.74, 6) is 5.25. The van der Waals surface area contributed by atoms with Gasteiger partial charge in [0.05, 0.1) is 18.2 Å². The van der Waals surface area contributed by atoms with Crippen molar-refractivity contribution in [3.05, 3.63) is 40.3 Å².